The van der Waals surface area contributed by atoms with Crippen molar-refractivity contribution in [1.29, 1.82) is 0 Å². The highest BCUT2D eigenvalue weighted by Crippen LogP contribution is 2.20. The maximum absolute atomic E-state index is 12.4. The Kier molecular flexibility index (Phi) is 7.70. The summed E-state index contributed by atoms with van der Waals surface area (Å²) in [6.07, 6.45) is 0. The summed E-state index contributed by atoms with van der Waals surface area (Å²) in [6.45, 7) is 3.78. The number of carbonyl (C=O) groups excluding carboxylic acids is 2. The normalized spacial score (nSPS) is 12.8. The fraction of sp³-hybridized carbons (Fsp3) is 0.273. The molecule has 7 nitrogen and oxygen atoms in total. The van der Waals surface area contributed by atoms with Crippen molar-refractivity contribution >= 4 is 35.2 Å². The minimum Gasteiger partial charge on any atom is -0.349 e. The number of nitrogens with one attached hydrogen (secondary N) is 2. The molecule has 9 heteroatoms. The second-order valence-electron chi connectivity index (χ2n) is 7.09. The number of nitrogens with zero attached hydrogens (tertiary/aromatic N) is 3. The monoisotopic (exact) mass is 457 g/mol. The van der Waals surface area contributed by atoms with Crippen LogP contribution in [0.4, 0.5) is 0 Å². The van der Waals surface area contributed by atoms with Gasteiger partial charge in [0.25, 0.3) is 5.91 Å². The summed E-state index contributed by atoms with van der Waals surface area (Å²) in [4.78, 5) is 24.7. The van der Waals surface area contributed by atoms with Gasteiger partial charge in [-0.25, -0.2) is 0 Å². The smallest absolute Gasteiger partial charge is 0.251 e. The molecular weight excluding hydrogens is 434 g/mol. The molecule has 1 aromatic heterocycles. The third-order valence-corrected chi connectivity index (χ3v) is 5.99. The van der Waals surface area contributed by atoms with Gasteiger partial charge >= 0.3 is 0 Å². The molecule has 2 unspecified atom stereocenters. The van der Waals surface area contributed by atoms with Crippen molar-refractivity contribution in [3.63, 3.8) is 0 Å². The van der Waals surface area contributed by atoms with Crippen molar-refractivity contribution in [2.24, 2.45) is 7.05 Å². The zero-order valence-electron chi connectivity index (χ0n) is 17.5. The van der Waals surface area contributed by atoms with Crippen LogP contribution in [0.5, 0.6) is 0 Å². The first-order valence-electron chi connectivity index (χ1n) is 9.78. The Balaban J connectivity index is 1.55. The molecule has 3 aromatic rings. The predicted molar refractivity (Wildman–Crippen MR) is 122 cm³/mol. The van der Waals surface area contributed by atoms with E-state index in [1.165, 1.54) is 11.8 Å². The lowest BCUT2D eigenvalue weighted by atomic mass is 10.1. The molecule has 2 aromatic carbocycles. The summed E-state index contributed by atoms with van der Waals surface area (Å²) in [7, 11) is 1.81. The average molecular weight is 458 g/mol. The molecule has 2 atom stereocenters. The number of halogens is 1. The average Bonchev–Trinajstić information content (AvgIpc) is 3.13. The Morgan fingerprint density at radius 2 is 1.68 bits per heavy atom. The third-order valence-electron chi connectivity index (χ3n) is 4.72. The number of amides is 2. The quantitative estimate of drug-likeness (QED) is 0.500. The number of aromatic nitrogens is 3. The van der Waals surface area contributed by atoms with E-state index >= 15 is 0 Å². The van der Waals surface area contributed by atoms with Crippen molar-refractivity contribution in [1.82, 2.24) is 25.4 Å². The lowest BCUT2D eigenvalue weighted by Gasteiger charge is -2.15. The highest BCUT2D eigenvalue weighted by molar-refractivity contribution is 7.99. The van der Waals surface area contributed by atoms with E-state index in [0.717, 1.165) is 5.56 Å². The molecule has 2 amide bonds. The van der Waals surface area contributed by atoms with Crippen LogP contribution in [-0.4, -0.2) is 32.3 Å². The van der Waals surface area contributed by atoms with E-state index in [2.05, 4.69) is 20.8 Å². The zero-order valence-corrected chi connectivity index (χ0v) is 19.1. The molecule has 0 spiro atoms. The van der Waals surface area contributed by atoms with Crippen molar-refractivity contribution in [3.05, 3.63) is 76.6 Å². The molecule has 31 heavy (non-hydrogen) atoms. The molecule has 1 heterocycles. The first-order chi connectivity index (χ1) is 14.8. The highest BCUT2D eigenvalue weighted by atomic mass is 35.5. The van der Waals surface area contributed by atoms with Crippen LogP contribution in [0, 0.1) is 0 Å². The number of carbonyl (C=O) groups is 2. The molecule has 3 rings (SSSR count). The number of thioether (sulfide) groups is 1. The number of benzene rings is 2. The Hall–Kier alpha value is -2.84. The predicted octanol–water partition coefficient (Wildman–Crippen LogP) is 3.93. The fourth-order valence-electron chi connectivity index (χ4n) is 3.01. The van der Waals surface area contributed by atoms with Crippen LogP contribution in [0.1, 0.15) is 47.7 Å². The summed E-state index contributed by atoms with van der Waals surface area (Å²) >= 11 is 7.17. The van der Waals surface area contributed by atoms with E-state index in [1.807, 2.05) is 51.2 Å². The lowest BCUT2D eigenvalue weighted by molar-refractivity contribution is -0.119. The van der Waals surface area contributed by atoms with Crippen LogP contribution < -0.4 is 10.6 Å². The largest absolute Gasteiger partial charge is 0.349 e. The molecule has 0 aliphatic carbocycles. The maximum atomic E-state index is 12.4. The van der Waals surface area contributed by atoms with Gasteiger partial charge in [0.05, 0.1) is 17.8 Å². The van der Waals surface area contributed by atoms with Gasteiger partial charge in [0.15, 0.2) is 11.0 Å². The molecule has 0 aliphatic heterocycles. The van der Waals surface area contributed by atoms with Crippen molar-refractivity contribution in [2.75, 3.05) is 5.75 Å². The van der Waals surface area contributed by atoms with E-state index in [4.69, 9.17) is 11.6 Å². The van der Waals surface area contributed by atoms with E-state index < -0.39 is 0 Å². The molecule has 0 saturated heterocycles. The van der Waals surface area contributed by atoms with Crippen LogP contribution in [0.2, 0.25) is 5.02 Å². The summed E-state index contributed by atoms with van der Waals surface area (Å²) in [5.41, 5.74) is 1.56. The first-order valence-corrected chi connectivity index (χ1v) is 11.1. The second-order valence-corrected chi connectivity index (χ2v) is 8.47. The number of rotatable bonds is 8. The van der Waals surface area contributed by atoms with E-state index in [-0.39, 0.29) is 29.7 Å². The second kappa shape index (κ2) is 10.5. The van der Waals surface area contributed by atoms with Crippen LogP contribution in [-0.2, 0) is 11.8 Å². The summed E-state index contributed by atoms with van der Waals surface area (Å²) in [5, 5.41) is 15.4. The topological polar surface area (TPSA) is 88.9 Å². The highest BCUT2D eigenvalue weighted by Gasteiger charge is 2.19. The zero-order chi connectivity index (χ0) is 22.4. The van der Waals surface area contributed by atoms with E-state index in [9.17, 15) is 9.59 Å². The molecule has 162 valence electrons. The first kappa shape index (κ1) is 22.8. The van der Waals surface area contributed by atoms with Crippen LogP contribution >= 0.6 is 23.4 Å². The molecule has 0 radical (unpaired) electrons. The van der Waals surface area contributed by atoms with Crippen LogP contribution in [0.3, 0.4) is 0 Å². The Morgan fingerprint density at radius 3 is 2.35 bits per heavy atom. The van der Waals surface area contributed by atoms with Gasteiger partial charge in [0.2, 0.25) is 5.91 Å². The van der Waals surface area contributed by atoms with Gasteiger partial charge < -0.3 is 15.2 Å². The van der Waals surface area contributed by atoms with E-state index in [1.54, 1.807) is 28.8 Å². The SMILES string of the molecule is CC(NC(=O)CSc1nnc(C(C)NC(=O)c2ccc(Cl)cc2)n1C)c1ccccc1. The molecule has 2 N–H and O–H groups in total. The van der Waals surface area contributed by atoms with E-state index in [0.29, 0.717) is 21.6 Å². The van der Waals surface area contributed by atoms with Gasteiger partial charge in [0, 0.05) is 17.6 Å². The van der Waals surface area contributed by atoms with Gasteiger partial charge in [-0.2, -0.15) is 0 Å². The summed E-state index contributed by atoms with van der Waals surface area (Å²) in [6, 6.07) is 16.0. The van der Waals surface area contributed by atoms with Gasteiger partial charge in [0.1, 0.15) is 0 Å². The van der Waals surface area contributed by atoms with Gasteiger partial charge in [-0.3, -0.25) is 9.59 Å². The fourth-order valence-corrected chi connectivity index (χ4v) is 3.87. The minimum atomic E-state index is -0.359. The maximum Gasteiger partial charge on any atom is 0.251 e. The van der Waals surface area contributed by atoms with Gasteiger partial charge in [-0.1, -0.05) is 53.7 Å². The minimum absolute atomic E-state index is 0.0764. The van der Waals surface area contributed by atoms with Crippen molar-refractivity contribution < 1.29 is 9.59 Å². The molecule has 0 aliphatic rings. The molecule has 0 fully saturated rings. The van der Waals surface area contributed by atoms with Gasteiger partial charge in [-0.15, -0.1) is 10.2 Å². The Bertz CT molecular complexity index is 1040. The van der Waals surface area contributed by atoms with Crippen LogP contribution in [0.15, 0.2) is 59.8 Å². The van der Waals surface area contributed by atoms with Crippen molar-refractivity contribution in [2.45, 2.75) is 31.1 Å². The van der Waals surface area contributed by atoms with Crippen molar-refractivity contribution in [3.8, 4) is 0 Å². The standard InChI is InChI=1S/C22H24ClN5O2S/c1-14(16-7-5-4-6-8-16)24-19(29)13-31-22-27-26-20(28(22)3)15(2)25-21(30)17-9-11-18(23)12-10-17/h4-12,14-15H,13H2,1-3H3,(H,24,29)(H,25,30). The Labute approximate surface area is 190 Å². The van der Waals surface area contributed by atoms with Crippen LogP contribution in [0.25, 0.3) is 0 Å². The lowest BCUT2D eigenvalue weighted by Crippen LogP contribution is -2.29. The molecular formula is C22H24ClN5O2S. The molecule has 0 saturated carbocycles. The molecule has 0 bridgehead atoms. The number of hydrogen-bond acceptors (Lipinski definition) is 5. The third kappa shape index (κ3) is 6.08. The Morgan fingerprint density at radius 1 is 1.00 bits per heavy atom. The summed E-state index contributed by atoms with van der Waals surface area (Å²) in [5.74, 6) is 0.503. The number of hydrogen-bond donors (Lipinski definition) is 2. The summed E-state index contributed by atoms with van der Waals surface area (Å²) < 4.78 is 1.78. The van der Waals surface area contributed by atoms with Gasteiger partial charge in [-0.05, 0) is 43.7 Å².